The number of carbonyl (C=O) groups excluding carboxylic acids is 1. The fraction of sp³-hybridized carbons (Fsp3) is 0.900. The number of amides is 1. The summed E-state index contributed by atoms with van der Waals surface area (Å²) in [7, 11) is 0. The Kier molecular flexibility index (Phi) is 4.50. The Balaban J connectivity index is 2.34. The first-order chi connectivity index (χ1) is 7.15. The molecule has 0 saturated heterocycles. The van der Waals surface area contributed by atoms with Gasteiger partial charge in [0.2, 0.25) is 5.91 Å². The first-order valence-corrected chi connectivity index (χ1v) is 5.37. The van der Waals surface area contributed by atoms with Crippen molar-refractivity contribution in [1.29, 1.82) is 0 Å². The zero-order chi connectivity index (χ0) is 11.3. The minimum absolute atomic E-state index is 0.0282. The fourth-order valence-corrected chi connectivity index (χ4v) is 1.90. The molecule has 0 unspecified atom stereocenters. The Hall–Kier alpha value is -0.650. The summed E-state index contributed by atoms with van der Waals surface area (Å²) in [6.07, 6.45) is 3.54. The van der Waals surface area contributed by atoms with Gasteiger partial charge in [-0.2, -0.15) is 0 Å². The van der Waals surface area contributed by atoms with E-state index in [1.807, 2.05) is 0 Å². The van der Waals surface area contributed by atoms with Gasteiger partial charge >= 0.3 is 0 Å². The van der Waals surface area contributed by atoms with Crippen LogP contribution in [0, 0.1) is 5.41 Å². The minimum Gasteiger partial charge on any atom is -0.394 e. The van der Waals surface area contributed by atoms with Gasteiger partial charge in [0, 0.05) is 6.42 Å². The van der Waals surface area contributed by atoms with Crippen LogP contribution in [0.3, 0.4) is 0 Å². The lowest BCUT2D eigenvalue weighted by Crippen LogP contribution is -2.46. The van der Waals surface area contributed by atoms with E-state index in [-0.39, 0.29) is 24.5 Å². The molecule has 0 bridgehead atoms. The topological polar surface area (TPSA) is 95.6 Å². The summed E-state index contributed by atoms with van der Waals surface area (Å²) in [5, 5.41) is 20.2. The van der Waals surface area contributed by atoms with Crippen LogP contribution in [-0.4, -0.2) is 41.9 Å². The van der Waals surface area contributed by atoms with Crippen molar-refractivity contribution >= 4 is 5.91 Å². The molecule has 1 saturated carbocycles. The van der Waals surface area contributed by atoms with Crippen molar-refractivity contribution in [2.45, 2.75) is 31.7 Å². The molecule has 5 heteroatoms. The molecule has 1 fully saturated rings. The van der Waals surface area contributed by atoms with Gasteiger partial charge in [-0.15, -0.1) is 0 Å². The van der Waals surface area contributed by atoms with Crippen LogP contribution in [0.4, 0.5) is 0 Å². The number of nitrogens with two attached hydrogens (primary N) is 1. The van der Waals surface area contributed by atoms with E-state index in [9.17, 15) is 4.79 Å². The number of hydrogen-bond acceptors (Lipinski definition) is 4. The average molecular weight is 216 g/mol. The first kappa shape index (κ1) is 12.4. The van der Waals surface area contributed by atoms with Gasteiger partial charge in [-0.1, -0.05) is 6.42 Å². The Morgan fingerprint density at radius 2 is 2.00 bits per heavy atom. The van der Waals surface area contributed by atoms with Gasteiger partial charge in [0.05, 0.1) is 19.3 Å². The van der Waals surface area contributed by atoms with E-state index in [2.05, 4.69) is 5.32 Å². The minimum atomic E-state index is -0.549. The van der Waals surface area contributed by atoms with Crippen LogP contribution in [0.25, 0.3) is 0 Å². The van der Waals surface area contributed by atoms with Crippen LogP contribution in [0.5, 0.6) is 0 Å². The summed E-state index contributed by atoms with van der Waals surface area (Å²) in [4.78, 5) is 11.5. The summed E-state index contributed by atoms with van der Waals surface area (Å²) in [6.45, 7) is 0.0546. The van der Waals surface area contributed by atoms with Gasteiger partial charge in [0.15, 0.2) is 0 Å². The largest absolute Gasteiger partial charge is 0.394 e. The summed E-state index contributed by atoms with van der Waals surface area (Å²) in [5.41, 5.74) is 5.61. The van der Waals surface area contributed by atoms with Gasteiger partial charge in [-0.25, -0.2) is 0 Å². The Bertz CT molecular complexity index is 207. The third-order valence-electron chi connectivity index (χ3n) is 3.19. The molecule has 1 rings (SSSR count). The SMILES string of the molecule is NCC1(CC(=O)NC(CO)CO)CCC1. The number of nitrogens with one attached hydrogen (secondary N) is 1. The van der Waals surface area contributed by atoms with Gasteiger partial charge < -0.3 is 21.3 Å². The van der Waals surface area contributed by atoms with Crippen molar-refractivity contribution in [1.82, 2.24) is 5.32 Å². The molecule has 0 heterocycles. The summed E-state index contributed by atoms with van der Waals surface area (Å²) < 4.78 is 0. The molecule has 1 aliphatic rings. The maximum absolute atomic E-state index is 11.5. The number of carbonyl (C=O) groups is 1. The van der Waals surface area contributed by atoms with E-state index in [0.717, 1.165) is 19.3 Å². The van der Waals surface area contributed by atoms with E-state index < -0.39 is 6.04 Å². The monoisotopic (exact) mass is 216 g/mol. The van der Waals surface area contributed by atoms with Crippen LogP contribution in [-0.2, 0) is 4.79 Å². The predicted molar refractivity (Wildman–Crippen MR) is 56.1 cm³/mol. The van der Waals surface area contributed by atoms with Crippen LogP contribution in [0.15, 0.2) is 0 Å². The van der Waals surface area contributed by atoms with Gasteiger partial charge in [0.25, 0.3) is 0 Å². The van der Waals surface area contributed by atoms with Crippen molar-refractivity contribution in [3.05, 3.63) is 0 Å². The second kappa shape index (κ2) is 5.44. The third kappa shape index (κ3) is 3.15. The Morgan fingerprint density at radius 3 is 2.33 bits per heavy atom. The molecule has 0 aromatic heterocycles. The summed E-state index contributed by atoms with van der Waals surface area (Å²) in [6, 6.07) is -0.549. The van der Waals surface area contributed by atoms with E-state index in [1.54, 1.807) is 0 Å². The zero-order valence-corrected chi connectivity index (χ0v) is 8.91. The highest BCUT2D eigenvalue weighted by atomic mass is 16.3. The molecule has 0 aliphatic heterocycles. The fourth-order valence-electron chi connectivity index (χ4n) is 1.90. The lowest BCUT2D eigenvalue weighted by atomic mass is 9.66. The smallest absolute Gasteiger partial charge is 0.220 e. The van der Waals surface area contributed by atoms with Gasteiger partial charge in [0.1, 0.15) is 0 Å². The molecular formula is C10H20N2O3. The predicted octanol–water partition coefficient (Wildman–Crippen LogP) is -1.03. The van der Waals surface area contributed by atoms with Crippen LogP contribution in [0.1, 0.15) is 25.7 Å². The molecule has 0 atom stereocenters. The second-order valence-electron chi connectivity index (χ2n) is 4.36. The van der Waals surface area contributed by atoms with E-state index in [1.165, 1.54) is 0 Å². The molecular weight excluding hydrogens is 196 g/mol. The molecule has 0 spiro atoms. The molecule has 0 aromatic carbocycles. The molecule has 0 radical (unpaired) electrons. The average Bonchev–Trinajstić information content (AvgIpc) is 2.20. The van der Waals surface area contributed by atoms with Crippen molar-refractivity contribution < 1.29 is 15.0 Å². The van der Waals surface area contributed by atoms with Crippen LogP contribution in [0.2, 0.25) is 0 Å². The Morgan fingerprint density at radius 1 is 1.40 bits per heavy atom. The molecule has 5 N–H and O–H groups in total. The lowest BCUT2D eigenvalue weighted by molar-refractivity contribution is -0.126. The van der Waals surface area contributed by atoms with E-state index in [0.29, 0.717) is 13.0 Å². The highest BCUT2D eigenvalue weighted by molar-refractivity contribution is 5.77. The van der Waals surface area contributed by atoms with E-state index in [4.69, 9.17) is 15.9 Å². The highest BCUT2D eigenvalue weighted by Gasteiger charge is 2.37. The van der Waals surface area contributed by atoms with Crippen molar-refractivity contribution in [3.63, 3.8) is 0 Å². The number of rotatable bonds is 6. The maximum atomic E-state index is 11.5. The Labute approximate surface area is 89.7 Å². The molecule has 5 nitrogen and oxygen atoms in total. The molecule has 88 valence electrons. The number of aliphatic hydroxyl groups is 2. The summed E-state index contributed by atoms with van der Waals surface area (Å²) in [5.74, 6) is -0.131. The van der Waals surface area contributed by atoms with Crippen molar-refractivity contribution in [2.24, 2.45) is 11.1 Å². The van der Waals surface area contributed by atoms with E-state index >= 15 is 0 Å². The van der Waals surface area contributed by atoms with Crippen LogP contribution >= 0.6 is 0 Å². The highest BCUT2D eigenvalue weighted by Crippen LogP contribution is 2.42. The van der Waals surface area contributed by atoms with Crippen molar-refractivity contribution in [2.75, 3.05) is 19.8 Å². The van der Waals surface area contributed by atoms with Crippen LogP contribution < -0.4 is 11.1 Å². The van der Waals surface area contributed by atoms with Gasteiger partial charge in [-0.05, 0) is 24.8 Å². The summed E-state index contributed by atoms with van der Waals surface area (Å²) >= 11 is 0. The normalized spacial score (nSPS) is 18.7. The molecule has 15 heavy (non-hydrogen) atoms. The molecule has 1 aliphatic carbocycles. The van der Waals surface area contributed by atoms with Gasteiger partial charge in [-0.3, -0.25) is 4.79 Å². The quantitative estimate of drug-likeness (QED) is 0.457. The number of hydrogen-bond donors (Lipinski definition) is 4. The lowest BCUT2D eigenvalue weighted by Gasteiger charge is -2.40. The first-order valence-electron chi connectivity index (χ1n) is 5.37. The van der Waals surface area contributed by atoms with Crippen molar-refractivity contribution in [3.8, 4) is 0 Å². The second-order valence-corrected chi connectivity index (χ2v) is 4.36. The third-order valence-corrected chi connectivity index (χ3v) is 3.19. The number of aliphatic hydroxyl groups excluding tert-OH is 2. The maximum Gasteiger partial charge on any atom is 0.220 e. The molecule has 0 aromatic rings. The standard InChI is InChI=1S/C10H20N2O3/c11-7-10(2-1-3-10)4-9(15)12-8(5-13)6-14/h8,13-14H,1-7,11H2,(H,12,15). The molecule has 1 amide bonds. The zero-order valence-electron chi connectivity index (χ0n) is 8.91.